The Bertz CT molecular complexity index is 797. The predicted molar refractivity (Wildman–Crippen MR) is 164 cm³/mol. The highest BCUT2D eigenvalue weighted by Crippen LogP contribution is 2.22. The summed E-state index contributed by atoms with van der Waals surface area (Å²) in [6.07, 6.45) is 15.4. The van der Waals surface area contributed by atoms with Crippen LogP contribution in [0.15, 0.2) is 37.0 Å². The standard InChI is InChI=1S/C33H56O10/c1-3-5-7-9-10-11-12-13-14-15-16-18-19-21-28(35)40-24-26(42-29(36)22-20-17-8-6-4-2)25-41-33-32(39)31(38)30(37)27(23-34)43-33/h3,7,9,11-12,26-27,30-34,37-39H,1,4-6,8,10,13-25H2,2H3/b9-7+,12-11-/t26-,27-,30+,31+,32-,33-/m1/s1. The van der Waals surface area contributed by atoms with Gasteiger partial charge in [-0.25, -0.2) is 0 Å². The minimum atomic E-state index is -1.59. The molecule has 0 aromatic carbocycles. The molecule has 1 fully saturated rings. The average Bonchev–Trinajstić information content (AvgIpc) is 3.00. The molecule has 0 aromatic rings. The number of allylic oxidation sites excluding steroid dienone is 5. The highest BCUT2D eigenvalue weighted by atomic mass is 16.7. The third-order valence-corrected chi connectivity index (χ3v) is 7.17. The Morgan fingerprint density at radius 2 is 1.42 bits per heavy atom. The van der Waals surface area contributed by atoms with Crippen LogP contribution in [0, 0.1) is 0 Å². The molecule has 1 heterocycles. The van der Waals surface area contributed by atoms with E-state index in [9.17, 15) is 30.0 Å². The second-order valence-corrected chi connectivity index (χ2v) is 11.0. The molecule has 0 bridgehead atoms. The molecule has 0 aromatic heterocycles. The van der Waals surface area contributed by atoms with E-state index < -0.39 is 55.4 Å². The van der Waals surface area contributed by atoms with E-state index in [-0.39, 0.29) is 26.1 Å². The lowest BCUT2D eigenvalue weighted by Crippen LogP contribution is -2.59. The number of carbonyl (C=O) groups excluding carboxylic acids is 2. The first-order valence-corrected chi connectivity index (χ1v) is 16.0. The van der Waals surface area contributed by atoms with Crippen LogP contribution in [0.4, 0.5) is 0 Å². The fourth-order valence-electron chi connectivity index (χ4n) is 4.54. The lowest BCUT2D eigenvalue weighted by Gasteiger charge is -2.39. The SMILES string of the molecule is C=CC/C=C/C/C=C\CCCCCCCC(=O)OC[C@H](CO[C@@H]1O[C@H](CO)[C@H](O)[C@H](O)[C@H]1O)OC(=O)CCCCCCC. The van der Waals surface area contributed by atoms with Crippen molar-refractivity contribution in [2.45, 2.75) is 140 Å². The van der Waals surface area contributed by atoms with E-state index in [1.807, 2.05) is 6.08 Å². The van der Waals surface area contributed by atoms with Crippen molar-refractivity contribution in [1.29, 1.82) is 0 Å². The minimum absolute atomic E-state index is 0.219. The van der Waals surface area contributed by atoms with Crippen LogP contribution in [-0.4, -0.2) is 89.0 Å². The Labute approximate surface area is 257 Å². The maximum Gasteiger partial charge on any atom is 0.306 e. The number of hydrogen-bond donors (Lipinski definition) is 4. The number of hydrogen-bond acceptors (Lipinski definition) is 10. The van der Waals surface area contributed by atoms with Gasteiger partial charge in [-0.15, -0.1) is 6.58 Å². The van der Waals surface area contributed by atoms with E-state index in [2.05, 4.69) is 37.8 Å². The van der Waals surface area contributed by atoms with Crippen LogP contribution >= 0.6 is 0 Å². The first kappa shape index (κ1) is 38.9. The molecule has 1 aliphatic rings. The van der Waals surface area contributed by atoms with Crippen molar-refractivity contribution in [3.63, 3.8) is 0 Å². The van der Waals surface area contributed by atoms with Gasteiger partial charge >= 0.3 is 11.9 Å². The van der Waals surface area contributed by atoms with Gasteiger partial charge in [-0.2, -0.15) is 0 Å². The highest BCUT2D eigenvalue weighted by Gasteiger charge is 2.44. The number of esters is 2. The summed E-state index contributed by atoms with van der Waals surface area (Å²) in [6, 6.07) is 0. The Morgan fingerprint density at radius 1 is 0.791 bits per heavy atom. The number of aliphatic hydroxyl groups is 4. The Morgan fingerprint density at radius 3 is 2.12 bits per heavy atom. The summed E-state index contributed by atoms with van der Waals surface area (Å²) in [5, 5.41) is 39.6. The molecule has 6 atom stereocenters. The van der Waals surface area contributed by atoms with Crippen LogP contribution in [0.1, 0.15) is 103 Å². The zero-order chi connectivity index (χ0) is 31.7. The van der Waals surface area contributed by atoms with Crippen LogP contribution in [0.2, 0.25) is 0 Å². The van der Waals surface area contributed by atoms with E-state index in [4.69, 9.17) is 18.9 Å². The van der Waals surface area contributed by atoms with E-state index in [0.29, 0.717) is 12.8 Å². The second-order valence-electron chi connectivity index (χ2n) is 11.0. The van der Waals surface area contributed by atoms with Gasteiger partial charge < -0.3 is 39.4 Å². The Kier molecular flexibility index (Phi) is 22.9. The molecule has 248 valence electrons. The van der Waals surface area contributed by atoms with Gasteiger partial charge in [0, 0.05) is 12.8 Å². The van der Waals surface area contributed by atoms with Gasteiger partial charge in [-0.1, -0.05) is 82.2 Å². The van der Waals surface area contributed by atoms with Crippen molar-refractivity contribution >= 4 is 11.9 Å². The van der Waals surface area contributed by atoms with Crippen molar-refractivity contribution in [3.8, 4) is 0 Å². The molecule has 1 rings (SSSR count). The molecular weight excluding hydrogens is 556 g/mol. The number of aliphatic hydroxyl groups excluding tert-OH is 4. The number of ether oxygens (including phenoxy) is 4. The monoisotopic (exact) mass is 612 g/mol. The molecule has 0 spiro atoms. The third kappa shape index (κ3) is 18.4. The molecule has 0 unspecified atom stereocenters. The smallest absolute Gasteiger partial charge is 0.306 e. The zero-order valence-electron chi connectivity index (χ0n) is 26.0. The van der Waals surface area contributed by atoms with Crippen molar-refractivity contribution in [2.75, 3.05) is 19.8 Å². The maximum atomic E-state index is 12.4. The van der Waals surface area contributed by atoms with E-state index in [1.54, 1.807) is 0 Å². The molecule has 10 nitrogen and oxygen atoms in total. The Hall–Kier alpha value is -2.08. The summed E-state index contributed by atoms with van der Waals surface area (Å²) >= 11 is 0. The highest BCUT2D eigenvalue weighted by molar-refractivity contribution is 5.70. The van der Waals surface area contributed by atoms with Crippen LogP contribution in [-0.2, 0) is 28.5 Å². The summed E-state index contributed by atoms with van der Waals surface area (Å²) in [5.41, 5.74) is 0. The zero-order valence-corrected chi connectivity index (χ0v) is 26.0. The van der Waals surface area contributed by atoms with Crippen molar-refractivity contribution in [3.05, 3.63) is 37.0 Å². The first-order chi connectivity index (χ1) is 20.8. The van der Waals surface area contributed by atoms with Gasteiger partial charge in [-0.3, -0.25) is 9.59 Å². The molecule has 1 saturated heterocycles. The van der Waals surface area contributed by atoms with Gasteiger partial charge in [0.05, 0.1) is 13.2 Å². The third-order valence-electron chi connectivity index (χ3n) is 7.17. The quantitative estimate of drug-likeness (QED) is 0.0662. The van der Waals surface area contributed by atoms with Gasteiger partial charge in [0.25, 0.3) is 0 Å². The number of rotatable bonds is 25. The topological polar surface area (TPSA) is 152 Å². The molecule has 0 amide bonds. The largest absolute Gasteiger partial charge is 0.462 e. The minimum Gasteiger partial charge on any atom is -0.462 e. The maximum absolute atomic E-state index is 12.4. The molecule has 1 aliphatic heterocycles. The summed E-state index contributed by atoms with van der Waals surface area (Å²) < 4.78 is 21.8. The normalized spacial score (nSPS) is 23.0. The second kappa shape index (κ2) is 25.3. The fraction of sp³-hybridized carbons (Fsp3) is 0.758. The molecule has 10 heteroatoms. The van der Waals surface area contributed by atoms with Crippen LogP contribution < -0.4 is 0 Å². The average molecular weight is 613 g/mol. The molecule has 0 aliphatic carbocycles. The predicted octanol–water partition coefficient (Wildman–Crippen LogP) is 4.43. The summed E-state index contributed by atoms with van der Waals surface area (Å²) in [4.78, 5) is 24.8. The van der Waals surface area contributed by atoms with E-state index in [0.717, 1.165) is 70.6 Å². The number of carbonyl (C=O) groups is 2. The van der Waals surface area contributed by atoms with Gasteiger partial charge in [0.2, 0.25) is 0 Å². The van der Waals surface area contributed by atoms with Crippen molar-refractivity contribution < 1.29 is 49.0 Å². The Balaban J connectivity index is 2.42. The molecule has 4 N–H and O–H groups in total. The van der Waals surface area contributed by atoms with E-state index in [1.165, 1.54) is 0 Å². The van der Waals surface area contributed by atoms with E-state index >= 15 is 0 Å². The first-order valence-electron chi connectivity index (χ1n) is 16.0. The van der Waals surface area contributed by atoms with Crippen molar-refractivity contribution in [2.24, 2.45) is 0 Å². The molecular formula is C33H56O10. The van der Waals surface area contributed by atoms with Gasteiger partial charge in [0.1, 0.15) is 31.0 Å². The summed E-state index contributed by atoms with van der Waals surface area (Å²) in [7, 11) is 0. The summed E-state index contributed by atoms with van der Waals surface area (Å²) in [6.45, 7) is 4.70. The molecule has 0 saturated carbocycles. The lowest BCUT2D eigenvalue weighted by molar-refractivity contribution is -0.305. The lowest BCUT2D eigenvalue weighted by atomic mass is 9.99. The number of unbranched alkanes of at least 4 members (excludes halogenated alkanes) is 9. The van der Waals surface area contributed by atoms with Gasteiger partial charge in [0.15, 0.2) is 12.4 Å². The van der Waals surface area contributed by atoms with Crippen LogP contribution in [0.25, 0.3) is 0 Å². The summed E-state index contributed by atoms with van der Waals surface area (Å²) in [5.74, 6) is -0.852. The van der Waals surface area contributed by atoms with Crippen LogP contribution in [0.5, 0.6) is 0 Å². The fourth-order valence-corrected chi connectivity index (χ4v) is 4.54. The van der Waals surface area contributed by atoms with Gasteiger partial charge in [-0.05, 0) is 38.5 Å². The van der Waals surface area contributed by atoms with Crippen molar-refractivity contribution in [1.82, 2.24) is 0 Å². The van der Waals surface area contributed by atoms with Crippen LogP contribution in [0.3, 0.4) is 0 Å². The molecule has 43 heavy (non-hydrogen) atoms. The molecule has 0 radical (unpaired) electrons.